The van der Waals surface area contributed by atoms with Crippen LogP contribution in [0.3, 0.4) is 0 Å². The largest absolute Gasteiger partial charge is 0.382 e. The maximum Gasteiger partial charge on any atom is 0.191 e. The van der Waals surface area contributed by atoms with Crippen molar-refractivity contribution < 1.29 is 4.79 Å². The fraction of sp³-hybridized carbons (Fsp3) is 0.214. The van der Waals surface area contributed by atoms with E-state index in [1.165, 1.54) is 11.8 Å². The molecule has 3 N–H and O–H groups in total. The first kappa shape index (κ1) is 13.7. The molecule has 3 rings (SSSR count). The van der Waals surface area contributed by atoms with Crippen LogP contribution in [0.25, 0.3) is 0 Å². The highest BCUT2D eigenvalue weighted by atomic mass is 32.2. The molecule has 2 aromatic rings. The first-order valence-electron chi connectivity index (χ1n) is 6.47. The number of fused-ring (bicyclic) bond motifs is 1. The van der Waals surface area contributed by atoms with Crippen molar-refractivity contribution in [3.63, 3.8) is 0 Å². The number of carbonyl (C=O) groups is 1. The average Bonchev–Trinajstić information content (AvgIpc) is 2.87. The Bertz CT molecular complexity index is 664. The Morgan fingerprint density at radius 3 is 2.81 bits per heavy atom. The molecule has 2 heterocycles. The summed E-state index contributed by atoms with van der Waals surface area (Å²) < 4.78 is 0. The van der Waals surface area contributed by atoms with Gasteiger partial charge in [0.05, 0.1) is 0 Å². The second kappa shape index (κ2) is 5.61. The lowest BCUT2D eigenvalue weighted by atomic mass is 10.2. The van der Waals surface area contributed by atoms with Gasteiger partial charge in [-0.25, -0.2) is 9.97 Å². The number of thioether (sulfide) groups is 1. The number of aromatic nitrogens is 2. The molecule has 0 bridgehead atoms. The number of aldehydes is 1. The van der Waals surface area contributed by atoms with E-state index in [0.29, 0.717) is 29.0 Å². The number of hydrogen-bond donors (Lipinski definition) is 2. The minimum Gasteiger partial charge on any atom is -0.382 e. The molecule has 1 aliphatic heterocycles. The highest BCUT2D eigenvalue weighted by Crippen LogP contribution is 2.37. The van der Waals surface area contributed by atoms with Gasteiger partial charge in [0.1, 0.15) is 5.69 Å². The number of benzene rings is 1. The zero-order chi connectivity index (χ0) is 14.8. The van der Waals surface area contributed by atoms with Crippen LogP contribution >= 0.6 is 11.8 Å². The summed E-state index contributed by atoms with van der Waals surface area (Å²) in [5.74, 6) is 1.04. The lowest BCUT2D eigenvalue weighted by Crippen LogP contribution is -2.36. The Labute approximate surface area is 126 Å². The molecule has 0 aliphatic carbocycles. The van der Waals surface area contributed by atoms with Gasteiger partial charge in [0.2, 0.25) is 0 Å². The van der Waals surface area contributed by atoms with Crippen LogP contribution in [0.4, 0.5) is 17.3 Å². The summed E-state index contributed by atoms with van der Waals surface area (Å²) in [4.78, 5) is 21.9. The Kier molecular flexibility index (Phi) is 3.66. The Hall–Kier alpha value is -2.28. The molecule has 1 aromatic carbocycles. The van der Waals surface area contributed by atoms with Gasteiger partial charge >= 0.3 is 0 Å². The monoisotopic (exact) mass is 301 g/mol. The Balaban J connectivity index is 2.00. The summed E-state index contributed by atoms with van der Waals surface area (Å²) in [6, 6.07) is 9.93. The fourth-order valence-corrected chi connectivity index (χ4v) is 2.67. The van der Waals surface area contributed by atoms with Gasteiger partial charge in [0, 0.05) is 6.54 Å². The molecular weight excluding hydrogens is 286 g/mol. The van der Waals surface area contributed by atoms with E-state index in [1.54, 1.807) is 0 Å². The van der Waals surface area contributed by atoms with E-state index >= 15 is 0 Å². The number of hydrogen-bond acceptors (Lipinski definition) is 7. The number of rotatable bonds is 4. The highest BCUT2D eigenvalue weighted by molar-refractivity contribution is 7.98. The molecule has 7 heteroatoms. The molecular formula is C14H15N5OS. The third kappa shape index (κ3) is 2.52. The predicted molar refractivity (Wildman–Crippen MR) is 84.3 cm³/mol. The quantitative estimate of drug-likeness (QED) is 0.505. The molecule has 0 saturated carbocycles. The Morgan fingerprint density at radius 2 is 2.14 bits per heavy atom. The maximum atomic E-state index is 11.3. The number of nitrogens with zero attached hydrogens (tertiary/aromatic N) is 3. The van der Waals surface area contributed by atoms with Crippen molar-refractivity contribution in [2.24, 2.45) is 0 Å². The van der Waals surface area contributed by atoms with Gasteiger partial charge in [-0.1, -0.05) is 42.1 Å². The van der Waals surface area contributed by atoms with E-state index < -0.39 is 6.17 Å². The van der Waals surface area contributed by atoms with Crippen LogP contribution in [-0.2, 0) is 11.3 Å². The molecule has 21 heavy (non-hydrogen) atoms. The van der Waals surface area contributed by atoms with Gasteiger partial charge in [-0.2, -0.15) is 0 Å². The minimum atomic E-state index is -0.478. The topological polar surface area (TPSA) is 84.1 Å². The zero-order valence-electron chi connectivity index (χ0n) is 11.5. The first-order chi connectivity index (χ1) is 10.2. The van der Waals surface area contributed by atoms with Crippen LogP contribution in [0.2, 0.25) is 0 Å². The van der Waals surface area contributed by atoms with E-state index in [-0.39, 0.29) is 0 Å². The third-order valence-electron chi connectivity index (χ3n) is 3.30. The fourth-order valence-electron chi connectivity index (χ4n) is 2.30. The van der Waals surface area contributed by atoms with Crippen LogP contribution < -0.4 is 16.0 Å². The highest BCUT2D eigenvalue weighted by Gasteiger charge is 2.32. The first-order valence-corrected chi connectivity index (χ1v) is 7.69. The van der Waals surface area contributed by atoms with Crippen LogP contribution in [-0.4, -0.2) is 28.7 Å². The number of nitrogens with one attached hydrogen (secondary N) is 1. The second-order valence-electron chi connectivity index (χ2n) is 4.63. The molecule has 0 radical (unpaired) electrons. The second-order valence-corrected chi connectivity index (χ2v) is 5.41. The zero-order valence-corrected chi connectivity index (χ0v) is 12.3. The van der Waals surface area contributed by atoms with Crippen molar-refractivity contribution in [3.05, 3.63) is 35.9 Å². The standard InChI is InChI=1S/C14H15N5OS/c1-21-14-17-12(15)11-13(18-14)19(10(8-20)16-11)7-9-5-3-2-4-6-9/h2-6,8,10,16H,7H2,1H3,(H2,15,17,18). The van der Waals surface area contributed by atoms with Crippen LogP contribution in [0.1, 0.15) is 5.56 Å². The molecule has 0 fully saturated rings. The normalized spacial score (nSPS) is 16.4. The molecule has 1 aliphatic rings. The third-order valence-corrected chi connectivity index (χ3v) is 3.85. The van der Waals surface area contributed by atoms with Crippen LogP contribution in [0.15, 0.2) is 35.5 Å². The minimum absolute atomic E-state index is 0.367. The van der Waals surface area contributed by atoms with Crippen LogP contribution in [0, 0.1) is 0 Å². The van der Waals surface area contributed by atoms with Gasteiger partial charge in [-0.15, -0.1) is 0 Å². The van der Waals surface area contributed by atoms with Crippen molar-refractivity contribution in [2.75, 3.05) is 22.2 Å². The van der Waals surface area contributed by atoms with Gasteiger partial charge in [0.25, 0.3) is 0 Å². The van der Waals surface area contributed by atoms with E-state index in [4.69, 9.17) is 5.73 Å². The summed E-state index contributed by atoms with van der Waals surface area (Å²) >= 11 is 1.42. The summed E-state index contributed by atoms with van der Waals surface area (Å²) in [6.45, 7) is 0.578. The molecule has 6 nitrogen and oxygen atoms in total. The molecule has 1 atom stereocenters. The molecule has 0 spiro atoms. The summed E-state index contributed by atoms with van der Waals surface area (Å²) in [7, 11) is 0. The van der Waals surface area contributed by atoms with Crippen molar-refractivity contribution in [1.29, 1.82) is 0 Å². The summed E-state index contributed by atoms with van der Waals surface area (Å²) in [5.41, 5.74) is 7.68. The molecule has 108 valence electrons. The van der Waals surface area contributed by atoms with Gasteiger partial charge in [0.15, 0.2) is 29.2 Å². The van der Waals surface area contributed by atoms with Crippen molar-refractivity contribution >= 4 is 35.4 Å². The average molecular weight is 301 g/mol. The van der Waals surface area contributed by atoms with E-state index in [9.17, 15) is 4.79 Å². The maximum absolute atomic E-state index is 11.3. The molecule has 0 amide bonds. The smallest absolute Gasteiger partial charge is 0.191 e. The van der Waals surface area contributed by atoms with Crippen LogP contribution in [0.5, 0.6) is 0 Å². The summed E-state index contributed by atoms with van der Waals surface area (Å²) in [6.07, 6.45) is 2.26. The molecule has 1 unspecified atom stereocenters. The summed E-state index contributed by atoms with van der Waals surface area (Å²) in [5, 5.41) is 3.67. The van der Waals surface area contributed by atoms with Gasteiger partial charge < -0.3 is 16.0 Å². The lowest BCUT2D eigenvalue weighted by Gasteiger charge is -2.22. The van der Waals surface area contributed by atoms with E-state index in [1.807, 2.05) is 41.5 Å². The van der Waals surface area contributed by atoms with Crippen molar-refractivity contribution in [2.45, 2.75) is 17.9 Å². The molecule has 1 aromatic heterocycles. The predicted octanol–water partition coefficient (Wildman–Crippen LogP) is 1.74. The van der Waals surface area contributed by atoms with E-state index in [2.05, 4.69) is 15.3 Å². The Morgan fingerprint density at radius 1 is 1.38 bits per heavy atom. The lowest BCUT2D eigenvalue weighted by molar-refractivity contribution is -0.108. The van der Waals surface area contributed by atoms with Crippen molar-refractivity contribution in [1.82, 2.24) is 9.97 Å². The SMILES string of the molecule is CSc1nc(N)c2c(n1)N(Cc1ccccc1)C(C=O)N2. The van der Waals surface area contributed by atoms with Gasteiger partial charge in [-0.3, -0.25) is 4.79 Å². The number of nitrogens with two attached hydrogens (primary N) is 1. The van der Waals surface area contributed by atoms with Crippen molar-refractivity contribution in [3.8, 4) is 0 Å². The molecule has 0 saturated heterocycles. The van der Waals surface area contributed by atoms with E-state index in [0.717, 1.165) is 11.8 Å². The number of carbonyl (C=O) groups excluding carboxylic acids is 1. The van der Waals surface area contributed by atoms with Gasteiger partial charge in [-0.05, 0) is 11.8 Å². The number of nitrogen functional groups attached to an aromatic ring is 1. The number of anilines is 3.